The standard InChI is InChI=1S/C26H30N.2C25H28N.C22H21FN/c1-17-15-19-22(16-18(17)23-13-8-9-14-27(23)7)26(5,6)21-12-10-11-20(24(19)21)25(2,3)4;1-16(2)18-10-11-22-21(14-18)20-13-17(3)19(15-23(20)25(22,4)5)24-9-7-8-12-26(24)6;1-16(2)18-10-11-19-21-13-17(3)20(24-9-7-8-12-26(24)6)15-23(21)25(4,5)22(19)14-18;1-14-12-17-15-8-7-9-19(23)21(15)22(2,3)18(17)13-16(14)20-10-5-6-11-24(20)4/h8-16H,1-7H3;2*7-16H,1-6H3;5-13H,1-4H3/q4*+1/i2D3,3D3;16D;1D3,16D;. The number of aromatic nitrogens is 4. The molecule has 4 nitrogen and oxygen atoms in total. The molecule has 8 aromatic carbocycles. The van der Waals surface area contributed by atoms with Crippen LogP contribution in [0, 0.1) is 33.5 Å². The molecule has 0 amide bonds. The van der Waals surface area contributed by atoms with Crippen molar-refractivity contribution in [3.63, 3.8) is 0 Å². The average molecular weight is 1370 g/mol. The van der Waals surface area contributed by atoms with E-state index in [0.717, 1.165) is 78.1 Å². The summed E-state index contributed by atoms with van der Waals surface area (Å²) in [6.45, 7) is 24.9. The van der Waals surface area contributed by atoms with Gasteiger partial charge in [-0.05, 0) is 222 Å². The lowest BCUT2D eigenvalue weighted by Crippen LogP contribution is -2.30. The molecule has 5 heteroatoms. The number of rotatable bonds is 6. The van der Waals surface area contributed by atoms with Gasteiger partial charge in [-0.2, -0.15) is 0 Å². The molecule has 0 spiro atoms. The predicted octanol–water partition coefficient (Wildman–Crippen LogP) is 22.9. The Hall–Kier alpha value is -9.71. The van der Waals surface area contributed by atoms with Crippen molar-refractivity contribution in [3.05, 3.63) is 308 Å². The van der Waals surface area contributed by atoms with Gasteiger partial charge in [-0.3, -0.25) is 0 Å². The summed E-state index contributed by atoms with van der Waals surface area (Å²) in [7, 11) is 8.22. The van der Waals surface area contributed by atoms with Crippen molar-refractivity contribution in [2.75, 3.05) is 0 Å². The largest absolute Gasteiger partial charge is 0.212 e. The second-order valence-corrected chi connectivity index (χ2v) is 31.8. The summed E-state index contributed by atoms with van der Waals surface area (Å²) in [5, 5.41) is 0. The second-order valence-electron chi connectivity index (χ2n) is 31.8. The Bertz CT molecular complexity index is 5850. The lowest BCUT2D eigenvalue weighted by atomic mass is 9.79. The lowest BCUT2D eigenvalue weighted by Gasteiger charge is -2.25. The van der Waals surface area contributed by atoms with E-state index in [2.05, 4.69) is 249 Å². The summed E-state index contributed by atoms with van der Waals surface area (Å²) in [6, 6.07) is 66.1. The van der Waals surface area contributed by atoms with Gasteiger partial charge in [-0.1, -0.05) is 195 Å². The van der Waals surface area contributed by atoms with Crippen LogP contribution >= 0.6 is 0 Å². The van der Waals surface area contributed by atoms with Crippen LogP contribution in [0.3, 0.4) is 0 Å². The summed E-state index contributed by atoms with van der Waals surface area (Å²) in [6.07, 6.45) is 8.22. The van der Waals surface area contributed by atoms with Gasteiger partial charge in [0.1, 0.15) is 34.0 Å². The minimum Gasteiger partial charge on any atom is -0.207 e. The molecule has 12 aromatic rings. The third kappa shape index (κ3) is 12.4. The van der Waals surface area contributed by atoms with Gasteiger partial charge in [0, 0.05) is 113 Å². The van der Waals surface area contributed by atoms with Crippen molar-refractivity contribution in [1.29, 1.82) is 0 Å². The Balaban J connectivity index is 0.000000133. The van der Waals surface area contributed by atoms with E-state index in [4.69, 9.17) is 15.1 Å². The molecule has 4 aromatic heterocycles. The maximum absolute atomic E-state index is 14.5. The van der Waals surface area contributed by atoms with E-state index in [-0.39, 0.29) is 22.1 Å². The summed E-state index contributed by atoms with van der Waals surface area (Å²) in [4.78, 5) is 0. The molecule has 0 saturated heterocycles. The van der Waals surface area contributed by atoms with E-state index in [0.29, 0.717) is 11.1 Å². The first-order valence-electron chi connectivity index (χ1n) is 41.6. The number of nitrogens with zero attached hydrogens (tertiary/aromatic N) is 4. The zero-order valence-corrected chi connectivity index (χ0v) is 64.0. The van der Waals surface area contributed by atoms with Gasteiger partial charge in [0.25, 0.3) is 0 Å². The topological polar surface area (TPSA) is 15.5 Å². The minimum atomic E-state index is -2.70. The van der Waals surface area contributed by atoms with Gasteiger partial charge in [0.2, 0.25) is 22.8 Å². The maximum atomic E-state index is 14.5. The molecule has 1 atom stereocenters. The van der Waals surface area contributed by atoms with E-state index >= 15 is 0 Å². The highest BCUT2D eigenvalue weighted by Gasteiger charge is 2.43. The molecule has 4 heterocycles. The normalized spacial score (nSPS) is 17.1. The maximum Gasteiger partial charge on any atom is 0.212 e. The van der Waals surface area contributed by atoms with Gasteiger partial charge in [0.15, 0.2) is 24.8 Å². The van der Waals surface area contributed by atoms with Gasteiger partial charge in [-0.15, -0.1) is 0 Å². The predicted molar refractivity (Wildman–Crippen MR) is 428 cm³/mol. The highest BCUT2D eigenvalue weighted by atomic mass is 19.1. The van der Waals surface area contributed by atoms with E-state index < -0.39 is 43.2 Å². The van der Waals surface area contributed by atoms with Crippen molar-refractivity contribution in [1.82, 2.24) is 0 Å². The molecule has 16 rings (SSSR count). The van der Waals surface area contributed by atoms with E-state index in [9.17, 15) is 4.39 Å². The summed E-state index contributed by atoms with van der Waals surface area (Å²) in [5.41, 5.74) is 31.1. The van der Waals surface area contributed by atoms with E-state index in [1.165, 1.54) is 97.6 Å². The molecule has 0 aliphatic heterocycles. The molecule has 522 valence electrons. The van der Waals surface area contributed by atoms with Gasteiger partial charge in [-0.25, -0.2) is 22.7 Å². The van der Waals surface area contributed by atoms with Crippen molar-refractivity contribution in [2.24, 2.45) is 28.2 Å². The van der Waals surface area contributed by atoms with Crippen molar-refractivity contribution in [2.45, 2.75) is 170 Å². The Kier molecular flexibility index (Phi) is 15.1. The number of hydrogen-bond donors (Lipinski definition) is 0. The highest BCUT2D eigenvalue weighted by Crippen LogP contribution is 2.56. The Labute approximate surface area is 630 Å². The van der Waals surface area contributed by atoms with Gasteiger partial charge in [0.05, 0.1) is 0 Å². The monoisotopic (exact) mass is 1370 g/mol. The van der Waals surface area contributed by atoms with Crippen LogP contribution in [0.1, 0.15) is 214 Å². The first-order valence-corrected chi connectivity index (χ1v) is 36.1. The highest BCUT2D eigenvalue weighted by molar-refractivity contribution is 5.89. The van der Waals surface area contributed by atoms with Gasteiger partial charge >= 0.3 is 0 Å². The van der Waals surface area contributed by atoms with Crippen LogP contribution in [-0.4, -0.2) is 0 Å². The Morgan fingerprint density at radius 3 is 1.18 bits per heavy atom. The van der Waals surface area contributed by atoms with Crippen LogP contribution < -0.4 is 18.3 Å². The summed E-state index contributed by atoms with van der Waals surface area (Å²) >= 11 is 0. The van der Waals surface area contributed by atoms with Crippen LogP contribution in [0.25, 0.3) is 89.5 Å². The molecule has 103 heavy (non-hydrogen) atoms. The van der Waals surface area contributed by atoms with E-state index in [1.807, 2.05) is 88.6 Å². The van der Waals surface area contributed by atoms with Crippen molar-refractivity contribution >= 4 is 0 Å². The zero-order chi connectivity index (χ0) is 83.2. The third-order valence-electron chi connectivity index (χ3n) is 22.9. The quantitative estimate of drug-likeness (QED) is 0.148. The Morgan fingerprint density at radius 2 is 0.728 bits per heavy atom. The fourth-order valence-corrected chi connectivity index (χ4v) is 17.0. The molecule has 0 fully saturated rings. The number of aryl methyl sites for hydroxylation is 8. The number of hydrogen-bond acceptors (Lipinski definition) is 0. The lowest BCUT2D eigenvalue weighted by molar-refractivity contribution is -0.660. The molecule has 1 unspecified atom stereocenters. The molecule has 0 radical (unpaired) electrons. The van der Waals surface area contributed by atoms with Crippen LogP contribution in [0.5, 0.6) is 0 Å². The fraction of sp³-hybridized carbons (Fsp3) is 0.306. The van der Waals surface area contributed by atoms with Gasteiger partial charge < -0.3 is 0 Å². The SMILES string of the molecule is Cc1cc2c(cc1-c1cccc[n+]1C)C(C)(C)c1c(F)cccc1-2.[2H]C(C)(C)c1ccc2c(c1)-c1cc(C)c(-c3cccc[n+]3C)cc1C2(C)C.[2H]C([2H])([2H])C(C)(c1cccc2c1-c1cc(C)c(-c3cccc[n+]3C)cc1C2(C)C)C([2H])([2H])[2H].[2H]C([2H])([2H])C([2H])(C)c1ccc2c(c1)C(C)(C)c1cc(-c3cccc[n+]3C)c(C)cc1-2. The van der Waals surface area contributed by atoms with E-state index in [1.54, 1.807) is 24.3 Å². The number of pyridine rings is 4. The summed E-state index contributed by atoms with van der Waals surface area (Å²) < 4.78 is 113. The first-order chi connectivity index (χ1) is 53.0. The molecule has 4 aliphatic carbocycles. The summed E-state index contributed by atoms with van der Waals surface area (Å²) in [5.74, 6) is -2.35. The molecule has 0 bridgehead atoms. The fourth-order valence-electron chi connectivity index (χ4n) is 17.0. The third-order valence-corrected chi connectivity index (χ3v) is 22.9. The first kappa shape index (κ1) is 58.8. The average Bonchev–Trinajstić information content (AvgIpc) is 1.50. The van der Waals surface area contributed by atoms with Crippen LogP contribution in [0.2, 0.25) is 0 Å². The minimum absolute atomic E-state index is 0.0365. The number of halogens is 1. The number of fused-ring (bicyclic) bond motifs is 12. The molecule has 0 N–H and O–H groups in total. The zero-order valence-electron chi connectivity index (χ0n) is 75.0. The molecule has 4 aliphatic rings. The van der Waals surface area contributed by atoms with Crippen LogP contribution in [0.4, 0.5) is 4.39 Å². The van der Waals surface area contributed by atoms with Crippen LogP contribution in [0.15, 0.2) is 219 Å². The molecular formula is C98H107FN4+4. The van der Waals surface area contributed by atoms with Crippen molar-refractivity contribution < 1.29 is 37.7 Å². The van der Waals surface area contributed by atoms with Crippen molar-refractivity contribution in [3.8, 4) is 89.5 Å². The number of benzene rings is 8. The smallest absolute Gasteiger partial charge is 0.207 e. The molecular weight excluding hydrogens is 1250 g/mol. The molecule has 0 saturated carbocycles. The second kappa shape index (κ2) is 26.5. The van der Waals surface area contributed by atoms with Crippen LogP contribution in [-0.2, 0) is 55.3 Å². The Morgan fingerprint density at radius 1 is 0.350 bits per heavy atom.